The van der Waals surface area contributed by atoms with Crippen molar-refractivity contribution >= 4 is 21.6 Å². The molecule has 27 heavy (non-hydrogen) atoms. The van der Waals surface area contributed by atoms with E-state index in [9.17, 15) is 8.42 Å². The number of methoxy groups -OCH3 is 1. The molecular weight excluding hydrogens is 384 g/mol. The zero-order valence-electron chi connectivity index (χ0n) is 15.6. The van der Waals surface area contributed by atoms with E-state index in [1.807, 2.05) is 36.4 Å². The van der Waals surface area contributed by atoms with Crippen molar-refractivity contribution in [2.45, 2.75) is 17.9 Å². The van der Waals surface area contributed by atoms with Crippen LogP contribution >= 0.6 is 11.6 Å². The Bertz CT molecular complexity index is 867. The van der Waals surface area contributed by atoms with E-state index >= 15 is 0 Å². The number of hydrogen-bond acceptors (Lipinski definition) is 4. The van der Waals surface area contributed by atoms with Crippen LogP contribution in [0.3, 0.4) is 0 Å². The number of nitrogens with zero attached hydrogens (tertiary/aromatic N) is 1. The van der Waals surface area contributed by atoms with Gasteiger partial charge in [-0.25, -0.2) is 13.1 Å². The van der Waals surface area contributed by atoms with Crippen molar-refractivity contribution < 1.29 is 13.2 Å². The fraction of sp³-hybridized carbons (Fsp3) is 0.300. The van der Waals surface area contributed by atoms with Gasteiger partial charge < -0.3 is 4.74 Å². The van der Waals surface area contributed by atoms with Gasteiger partial charge in [-0.1, -0.05) is 29.8 Å². The maximum atomic E-state index is 11.8. The summed E-state index contributed by atoms with van der Waals surface area (Å²) in [6.07, 6.45) is 2.65. The zero-order valence-corrected chi connectivity index (χ0v) is 17.2. The van der Waals surface area contributed by atoms with Gasteiger partial charge in [-0.05, 0) is 49.4 Å². The Kier molecular flexibility index (Phi) is 7.86. The average molecular weight is 409 g/mol. The minimum Gasteiger partial charge on any atom is -0.496 e. The van der Waals surface area contributed by atoms with Gasteiger partial charge in [0.25, 0.3) is 0 Å². The van der Waals surface area contributed by atoms with Gasteiger partial charge in [0.2, 0.25) is 10.0 Å². The first kappa shape index (κ1) is 21.4. The number of sulfonamides is 1. The van der Waals surface area contributed by atoms with Crippen LogP contribution in [0.1, 0.15) is 11.1 Å². The molecule has 0 spiro atoms. The lowest BCUT2D eigenvalue weighted by Crippen LogP contribution is -2.26. The average Bonchev–Trinajstić information content (AvgIpc) is 2.67. The zero-order chi connectivity index (χ0) is 19.9. The van der Waals surface area contributed by atoms with E-state index < -0.39 is 10.0 Å². The molecular formula is C20H25ClN2O3S. The minimum absolute atomic E-state index is 0.264. The molecule has 146 valence electrons. The summed E-state index contributed by atoms with van der Waals surface area (Å²) in [5.74, 6) is 0.801. The van der Waals surface area contributed by atoms with Gasteiger partial charge in [-0.3, -0.25) is 4.90 Å². The SMILES string of the molecule is C=CCN(CCc1ccc(S(=O)(=O)NC)cc1)Cc1cc(Cl)ccc1OC. The summed E-state index contributed by atoms with van der Waals surface area (Å²) in [5, 5.41) is 0.672. The van der Waals surface area contributed by atoms with Crippen LogP contribution in [-0.2, 0) is 23.0 Å². The van der Waals surface area contributed by atoms with Crippen molar-refractivity contribution in [2.75, 3.05) is 27.2 Å². The van der Waals surface area contributed by atoms with Gasteiger partial charge in [0, 0.05) is 30.2 Å². The molecule has 0 saturated carbocycles. The maximum absolute atomic E-state index is 11.8. The first-order chi connectivity index (χ1) is 12.9. The van der Waals surface area contributed by atoms with E-state index in [2.05, 4.69) is 16.2 Å². The molecule has 0 bridgehead atoms. The Morgan fingerprint density at radius 3 is 2.52 bits per heavy atom. The van der Waals surface area contributed by atoms with Crippen LogP contribution in [0.4, 0.5) is 0 Å². The lowest BCUT2D eigenvalue weighted by atomic mass is 10.1. The number of benzene rings is 2. The quantitative estimate of drug-likeness (QED) is 0.611. The predicted molar refractivity (Wildman–Crippen MR) is 110 cm³/mol. The van der Waals surface area contributed by atoms with Gasteiger partial charge in [0.05, 0.1) is 12.0 Å². The molecule has 0 aromatic heterocycles. The molecule has 0 radical (unpaired) electrons. The number of halogens is 1. The largest absolute Gasteiger partial charge is 0.496 e. The molecule has 2 aromatic carbocycles. The summed E-state index contributed by atoms with van der Waals surface area (Å²) >= 11 is 6.12. The molecule has 5 nitrogen and oxygen atoms in total. The standard InChI is InChI=1S/C20H25ClN2O3S/c1-4-12-23(15-17-14-18(21)7-10-20(17)26-3)13-11-16-5-8-19(9-6-16)27(24,25)22-2/h4-10,14,22H,1,11-13,15H2,2-3H3. The van der Waals surface area contributed by atoms with Crippen molar-refractivity contribution in [1.82, 2.24) is 9.62 Å². The summed E-state index contributed by atoms with van der Waals surface area (Å²) in [5.41, 5.74) is 2.08. The van der Waals surface area contributed by atoms with Crippen LogP contribution in [0.2, 0.25) is 5.02 Å². The van der Waals surface area contributed by atoms with E-state index in [1.54, 1.807) is 19.2 Å². The van der Waals surface area contributed by atoms with E-state index in [0.29, 0.717) is 11.6 Å². The Hall–Kier alpha value is -1.86. The second kappa shape index (κ2) is 9.90. The molecule has 0 aliphatic carbocycles. The lowest BCUT2D eigenvalue weighted by molar-refractivity contribution is 0.291. The Morgan fingerprint density at radius 2 is 1.93 bits per heavy atom. The van der Waals surface area contributed by atoms with E-state index in [4.69, 9.17) is 16.3 Å². The van der Waals surface area contributed by atoms with E-state index in [0.717, 1.165) is 36.4 Å². The third kappa shape index (κ3) is 6.07. The number of rotatable bonds is 10. The normalized spacial score (nSPS) is 11.6. The van der Waals surface area contributed by atoms with E-state index in [-0.39, 0.29) is 4.90 Å². The van der Waals surface area contributed by atoms with Gasteiger partial charge in [-0.2, -0.15) is 0 Å². The summed E-state index contributed by atoms with van der Waals surface area (Å²) < 4.78 is 31.3. The summed E-state index contributed by atoms with van der Waals surface area (Å²) in [7, 11) is -0.360. The van der Waals surface area contributed by atoms with Crippen molar-refractivity contribution in [3.05, 3.63) is 71.3 Å². The summed E-state index contributed by atoms with van der Waals surface area (Å²) in [6, 6.07) is 12.5. The first-order valence-electron chi connectivity index (χ1n) is 8.57. The van der Waals surface area contributed by atoms with Crippen LogP contribution in [0, 0.1) is 0 Å². The maximum Gasteiger partial charge on any atom is 0.240 e. The molecule has 2 aromatic rings. The van der Waals surface area contributed by atoms with Gasteiger partial charge >= 0.3 is 0 Å². The van der Waals surface area contributed by atoms with Crippen LogP contribution in [-0.4, -0.2) is 40.6 Å². The Morgan fingerprint density at radius 1 is 1.22 bits per heavy atom. The second-order valence-corrected chi connectivity index (χ2v) is 8.40. The third-order valence-corrected chi connectivity index (χ3v) is 5.91. The summed E-state index contributed by atoms with van der Waals surface area (Å²) in [6.45, 7) is 6.03. The van der Waals surface area contributed by atoms with Crippen LogP contribution in [0.25, 0.3) is 0 Å². The van der Waals surface area contributed by atoms with Gasteiger partial charge in [-0.15, -0.1) is 6.58 Å². The molecule has 0 aliphatic rings. The molecule has 7 heteroatoms. The predicted octanol–water partition coefficient (Wildman–Crippen LogP) is 3.49. The minimum atomic E-state index is -3.41. The fourth-order valence-electron chi connectivity index (χ4n) is 2.77. The highest BCUT2D eigenvalue weighted by molar-refractivity contribution is 7.89. The highest BCUT2D eigenvalue weighted by Gasteiger charge is 2.12. The highest BCUT2D eigenvalue weighted by atomic mass is 35.5. The van der Waals surface area contributed by atoms with Crippen LogP contribution in [0.5, 0.6) is 5.75 Å². The molecule has 0 unspecified atom stereocenters. The van der Waals surface area contributed by atoms with Crippen molar-refractivity contribution in [3.8, 4) is 5.75 Å². The molecule has 1 N–H and O–H groups in total. The van der Waals surface area contributed by atoms with E-state index in [1.165, 1.54) is 7.05 Å². The lowest BCUT2D eigenvalue weighted by Gasteiger charge is -2.22. The number of ether oxygens (including phenoxy) is 1. The second-order valence-electron chi connectivity index (χ2n) is 6.08. The van der Waals surface area contributed by atoms with Gasteiger partial charge in [0.1, 0.15) is 5.75 Å². The molecule has 0 saturated heterocycles. The Balaban J connectivity index is 2.06. The molecule has 0 fully saturated rings. The van der Waals surface area contributed by atoms with Crippen LogP contribution in [0.15, 0.2) is 60.0 Å². The van der Waals surface area contributed by atoms with Crippen LogP contribution < -0.4 is 9.46 Å². The number of nitrogens with one attached hydrogen (secondary N) is 1. The van der Waals surface area contributed by atoms with Gasteiger partial charge in [0.15, 0.2) is 0 Å². The topological polar surface area (TPSA) is 58.6 Å². The smallest absolute Gasteiger partial charge is 0.240 e. The molecule has 0 amide bonds. The molecule has 2 rings (SSSR count). The molecule has 0 atom stereocenters. The van der Waals surface area contributed by atoms with Crippen molar-refractivity contribution in [1.29, 1.82) is 0 Å². The highest BCUT2D eigenvalue weighted by Crippen LogP contribution is 2.24. The summed E-state index contributed by atoms with van der Waals surface area (Å²) in [4.78, 5) is 2.50. The first-order valence-corrected chi connectivity index (χ1v) is 10.4. The Labute approximate surface area is 166 Å². The third-order valence-electron chi connectivity index (χ3n) is 4.24. The van der Waals surface area contributed by atoms with Crippen molar-refractivity contribution in [3.63, 3.8) is 0 Å². The van der Waals surface area contributed by atoms with Crippen molar-refractivity contribution in [2.24, 2.45) is 0 Å². The monoisotopic (exact) mass is 408 g/mol. The molecule has 0 heterocycles. The number of hydrogen-bond donors (Lipinski definition) is 1. The fourth-order valence-corrected chi connectivity index (χ4v) is 3.69. The molecule has 0 aliphatic heterocycles.